The van der Waals surface area contributed by atoms with Crippen LogP contribution < -0.4 is 5.32 Å². The van der Waals surface area contributed by atoms with E-state index >= 15 is 0 Å². The maximum atomic E-state index is 12.3. The minimum atomic E-state index is -0.911. The van der Waals surface area contributed by atoms with Crippen LogP contribution in [-0.2, 0) is 22.6 Å². The third kappa shape index (κ3) is 4.12. The van der Waals surface area contributed by atoms with Crippen LogP contribution in [0.2, 0.25) is 0 Å². The van der Waals surface area contributed by atoms with Crippen LogP contribution in [0.5, 0.6) is 0 Å². The summed E-state index contributed by atoms with van der Waals surface area (Å²) in [6.07, 6.45) is -0.0821. The first-order valence-electron chi connectivity index (χ1n) is 6.57. The molecular weight excluding hydrogens is 304 g/mol. The summed E-state index contributed by atoms with van der Waals surface area (Å²) in [4.78, 5) is 27.8. The van der Waals surface area contributed by atoms with Crippen molar-refractivity contribution in [2.24, 2.45) is 0 Å². The monoisotopic (exact) mass is 320 g/mol. The molecule has 0 aliphatic rings. The Morgan fingerprint density at radius 1 is 1.41 bits per heavy atom. The van der Waals surface area contributed by atoms with Gasteiger partial charge in [0.15, 0.2) is 0 Å². The second-order valence-electron chi connectivity index (χ2n) is 4.68. The van der Waals surface area contributed by atoms with Gasteiger partial charge in [0.25, 0.3) is 5.91 Å². The quantitative estimate of drug-likeness (QED) is 0.853. The third-order valence-corrected chi connectivity index (χ3v) is 3.98. The Morgan fingerprint density at radius 2 is 2.18 bits per heavy atom. The molecule has 0 fully saturated rings. The third-order valence-electron chi connectivity index (χ3n) is 2.86. The first-order valence-corrected chi connectivity index (χ1v) is 7.38. The summed E-state index contributed by atoms with van der Waals surface area (Å²) in [5.41, 5.74) is 1.84. The van der Waals surface area contributed by atoms with Crippen molar-refractivity contribution in [2.45, 2.75) is 20.0 Å². The lowest BCUT2D eigenvalue weighted by molar-refractivity contribution is -0.136. The molecule has 0 bridgehead atoms. The molecular formula is C15H16N2O4S. The summed E-state index contributed by atoms with van der Waals surface area (Å²) >= 11 is 1.28. The summed E-state index contributed by atoms with van der Waals surface area (Å²) in [7, 11) is 1.57. The van der Waals surface area contributed by atoms with Gasteiger partial charge in [-0.25, -0.2) is 4.98 Å². The van der Waals surface area contributed by atoms with E-state index in [-0.39, 0.29) is 12.3 Å². The van der Waals surface area contributed by atoms with E-state index in [0.29, 0.717) is 28.4 Å². The summed E-state index contributed by atoms with van der Waals surface area (Å²) < 4.78 is 5.01. The number of rotatable bonds is 6. The molecule has 1 heterocycles. The number of carbonyl (C=O) groups is 2. The number of carboxylic acids is 1. The molecule has 0 radical (unpaired) electrons. The van der Waals surface area contributed by atoms with Crippen molar-refractivity contribution in [2.75, 3.05) is 12.4 Å². The van der Waals surface area contributed by atoms with E-state index in [1.165, 1.54) is 11.3 Å². The number of carbonyl (C=O) groups excluding carboxylic acids is 1. The Bertz CT molecular complexity index is 697. The molecule has 0 spiro atoms. The van der Waals surface area contributed by atoms with Crippen molar-refractivity contribution in [1.82, 2.24) is 4.98 Å². The number of amides is 1. The first-order chi connectivity index (χ1) is 10.5. The summed E-state index contributed by atoms with van der Waals surface area (Å²) in [5.74, 6) is -1.17. The molecule has 1 aromatic carbocycles. The standard InChI is InChI=1S/C15H16N2O4S/c1-9-14(22-12(16-9)8-21-2)15(20)17-11-5-3-4-10(6-11)7-13(18)19/h3-6H,7-8H2,1-2H3,(H,17,20)(H,18,19). The highest BCUT2D eigenvalue weighted by atomic mass is 32.1. The highest BCUT2D eigenvalue weighted by Crippen LogP contribution is 2.21. The van der Waals surface area contributed by atoms with Crippen LogP contribution in [0.1, 0.15) is 25.9 Å². The molecule has 1 amide bonds. The Labute approximate surface area is 131 Å². The summed E-state index contributed by atoms with van der Waals surface area (Å²) in [5, 5.41) is 12.3. The molecule has 0 saturated carbocycles. The predicted octanol–water partition coefficient (Wildman–Crippen LogP) is 2.48. The second kappa shape index (κ2) is 7.15. The lowest BCUT2D eigenvalue weighted by Gasteiger charge is -2.05. The van der Waals surface area contributed by atoms with Gasteiger partial charge in [-0.3, -0.25) is 9.59 Å². The largest absolute Gasteiger partial charge is 0.481 e. The minimum absolute atomic E-state index is 0.0821. The lowest BCUT2D eigenvalue weighted by Crippen LogP contribution is -2.12. The SMILES string of the molecule is COCc1nc(C)c(C(=O)Nc2cccc(CC(=O)O)c2)s1. The van der Waals surface area contributed by atoms with Gasteiger partial charge >= 0.3 is 5.97 Å². The molecule has 22 heavy (non-hydrogen) atoms. The highest BCUT2D eigenvalue weighted by molar-refractivity contribution is 7.13. The Morgan fingerprint density at radius 3 is 2.86 bits per heavy atom. The van der Waals surface area contributed by atoms with Gasteiger partial charge in [0.05, 0.1) is 18.7 Å². The van der Waals surface area contributed by atoms with E-state index in [0.717, 1.165) is 5.01 Å². The topological polar surface area (TPSA) is 88.5 Å². The fraction of sp³-hybridized carbons (Fsp3) is 0.267. The van der Waals surface area contributed by atoms with E-state index in [1.807, 2.05) is 0 Å². The first kappa shape index (κ1) is 16.1. The predicted molar refractivity (Wildman–Crippen MR) is 83.3 cm³/mol. The van der Waals surface area contributed by atoms with E-state index in [9.17, 15) is 9.59 Å². The van der Waals surface area contributed by atoms with Crippen LogP contribution in [0.15, 0.2) is 24.3 Å². The zero-order valence-corrected chi connectivity index (χ0v) is 13.1. The zero-order valence-electron chi connectivity index (χ0n) is 12.3. The fourth-order valence-electron chi connectivity index (χ4n) is 1.97. The molecule has 0 aliphatic carbocycles. The van der Waals surface area contributed by atoms with Crippen molar-refractivity contribution < 1.29 is 19.4 Å². The van der Waals surface area contributed by atoms with Gasteiger partial charge in [-0.05, 0) is 24.6 Å². The van der Waals surface area contributed by atoms with Crippen molar-refractivity contribution >= 4 is 28.9 Å². The van der Waals surface area contributed by atoms with E-state index in [2.05, 4.69) is 10.3 Å². The number of ether oxygens (including phenoxy) is 1. The van der Waals surface area contributed by atoms with Crippen LogP contribution in [0, 0.1) is 6.92 Å². The number of nitrogens with one attached hydrogen (secondary N) is 1. The van der Waals surface area contributed by atoms with E-state index in [1.54, 1.807) is 38.3 Å². The number of anilines is 1. The average Bonchev–Trinajstić information content (AvgIpc) is 2.80. The number of aromatic nitrogens is 1. The molecule has 0 saturated heterocycles. The van der Waals surface area contributed by atoms with Gasteiger partial charge in [0, 0.05) is 12.8 Å². The average molecular weight is 320 g/mol. The van der Waals surface area contributed by atoms with Crippen LogP contribution in [0.25, 0.3) is 0 Å². The number of carboxylic acid groups (broad SMARTS) is 1. The smallest absolute Gasteiger partial charge is 0.307 e. The molecule has 2 aromatic rings. The Kier molecular flexibility index (Phi) is 5.24. The van der Waals surface area contributed by atoms with E-state index < -0.39 is 5.97 Å². The van der Waals surface area contributed by atoms with Crippen molar-refractivity contribution in [1.29, 1.82) is 0 Å². The summed E-state index contributed by atoms with van der Waals surface area (Å²) in [6, 6.07) is 6.79. The van der Waals surface area contributed by atoms with Crippen LogP contribution in [-0.4, -0.2) is 29.1 Å². The molecule has 7 heteroatoms. The molecule has 0 aliphatic heterocycles. The fourth-order valence-corrected chi connectivity index (χ4v) is 2.90. The number of nitrogens with zero attached hydrogens (tertiary/aromatic N) is 1. The molecule has 2 rings (SSSR count). The highest BCUT2D eigenvalue weighted by Gasteiger charge is 2.15. The normalized spacial score (nSPS) is 10.5. The minimum Gasteiger partial charge on any atom is -0.481 e. The van der Waals surface area contributed by atoms with Gasteiger partial charge in [-0.2, -0.15) is 0 Å². The number of hydrogen-bond donors (Lipinski definition) is 2. The summed E-state index contributed by atoms with van der Waals surface area (Å²) in [6.45, 7) is 2.14. The number of benzene rings is 1. The van der Waals surface area contributed by atoms with Crippen molar-refractivity contribution in [3.05, 3.63) is 45.4 Å². The van der Waals surface area contributed by atoms with Gasteiger partial charge in [-0.1, -0.05) is 12.1 Å². The zero-order chi connectivity index (χ0) is 16.1. The molecule has 116 valence electrons. The lowest BCUT2D eigenvalue weighted by atomic mass is 10.1. The molecule has 6 nitrogen and oxygen atoms in total. The molecule has 0 unspecified atom stereocenters. The van der Waals surface area contributed by atoms with Gasteiger partial charge in [0.1, 0.15) is 9.88 Å². The number of thiazole rings is 1. The number of aliphatic carboxylic acids is 1. The number of methoxy groups -OCH3 is 1. The van der Waals surface area contributed by atoms with Crippen LogP contribution in [0.4, 0.5) is 5.69 Å². The van der Waals surface area contributed by atoms with Crippen molar-refractivity contribution in [3.8, 4) is 0 Å². The van der Waals surface area contributed by atoms with Crippen LogP contribution >= 0.6 is 11.3 Å². The second-order valence-corrected chi connectivity index (χ2v) is 5.76. The maximum Gasteiger partial charge on any atom is 0.307 e. The number of hydrogen-bond acceptors (Lipinski definition) is 5. The molecule has 0 atom stereocenters. The van der Waals surface area contributed by atoms with E-state index in [4.69, 9.17) is 9.84 Å². The van der Waals surface area contributed by atoms with Gasteiger partial charge < -0.3 is 15.2 Å². The van der Waals surface area contributed by atoms with Gasteiger partial charge in [-0.15, -0.1) is 11.3 Å². The van der Waals surface area contributed by atoms with Crippen LogP contribution in [0.3, 0.4) is 0 Å². The van der Waals surface area contributed by atoms with Gasteiger partial charge in [0.2, 0.25) is 0 Å². The molecule has 1 aromatic heterocycles. The number of aryl methyl sites for hydroxylation is 1. The molecule has 2 N–H and O–H groups in total. The Balaban J connectivity index is 2.13. The Hall–Kier alpha value is -2.25. The van der Waals surface area contributed by atoms with Crippen molar-refractivity contribution in [3.63, 3.8) is 0 Å². The maximum absolute atomic E-state index is 12.3.